The standard InChI is InChI=1S/C28H27N3O3S/c32-28(29-27-12-6-7-17-30(27)21-22-8-2-1-3-9-22)24-15-18-31(19-16-24)35(33,34)26-14-13-23-10-4-5-11-25(23)20-26/h1-14,17,20,24H,15-16,18-19,21H2. The summed E-state index contributed by atoms with van der Waals surface area (Å²) in [5.74, 6) is -0.482. The number of benzene rings is 3. The molecule has 7 heteroatoms. The third kappa shape index (κ3) is 5.11. The van der Waals surface area contributed by atoms with Crippen molar-refractivity contribution in [3.8, 4) is 0 Å². The second-order valence-corrected chi connectivity index (χ2v) is 10.7. The highest BCUT2D eigenvalue weighted by atomic mass is 32.2. The van der Waals surface area contributed by atoms with Crippen molar-refractivity contribution in [3.63, 3.8) is 0 Å². The number of pyridine rings is 1. The highest BCUT2D eigenvalue weighted by Crippen LogP contribution is 2.26. The summed E-state index contributed by atoms with van der Waals surface area (Å²) in [4.78, 5) is 17.7. The Hall–Kier alpha value is -3.55. The molecule has 0 radical (unpaired) electrons. The highest BCUT2D eigenvalue weighted by molar-refractivity contribution is 7.89. The Morgan fingerprint density at radius 3 is 2.29 bits per heavy atom. The molecule has 0 bridgehead atoms. The summed E-state index contributed by atoms with van der Waals surface area (Å²) in [5, 5.41) is 1.90. The molecule has 0 saturated carbocycles. The Labute approximate surface area is 205 Å². The van der Waals surface area contributed by atoms with E-state index in [1.165, 1.54) is 4.31 Å². The van der Waals surface area contributed by atoms with Crippen LogP contribution in [0.25, 0.3) is 10.8 Å². The molecule has 0 atom stereocenters. The van der Waals surface area contributed by atoms with Gasteiger partial charge in [0.05, 0.1) is 4.90 Å². The molecule has 2 heterocycles. The third-order valence-electron chi connectivity index (χ3n) is 6.50. The quantitative estimate of drug-likeness (QED) is 0.425. The van der Waals surface area contributed by atoms with E-state index in [0.29, 0.717) is 38.0 Å². The SMILES string of the molecule is O=C(N=c1ccccn1Cc1ccccc1)C1CCN(S(=O)(=O)c2ccc3ccccc3c2)CC1. The monoisotopic (exact) mass is 485 g/mol. The second kappa shape index (κ2) is 9.98. The van der Waals surface area contributed by atoms with Crippen LogP contribution < -0.4 is 5.49 Å². The summed E-state index contributed by atoms with van der Waals surface area (Å²) in [5.41, 5.74) is 1.73. The molecule has 0 unspecified atom stereocenters. The molecule has 0 N–H and O–H groups in total. The van der Waals surface area contributed by atoms with Crippen LogP contribution in [0.15, 0.2) is 107 Å². The molecule has 178 valence electrons. The van der Waals surface area contributed by atoms with Gasteiger partial charge in [0.25, 0.3) is 5.91 Å². The number of hydrogen-bond donors (Lipinski definition) is 0. The van der Waals surface area contributed by atoms with Crippen molar-refractivity contribution in [2.75, 3.05) is 13.1 Å². The first-order chi connectivity index (χ1) is 17.0. The van der Waals surface area contributed by atoms with Crippen molar-refractivity contribution in [1.29, 1.82) is 0 Å². The number of nitrogens with zero attached hydrogens (tertiary/aromatic N) is 3. The lowest BCUT2D eigenvalue weighted by atomic mass is 9.97. The lowest BCUT2D eigenvalue weighted by molar-refractivity contribution is -0.122. The van der Waals surface area contributed by atoms with Gasteiger partial charge in [-0.3, -0.25) is 4.79 Å². The van der Waals surface area contributed by atoms with E-state index in [0.717, 1.165) is 16.3 Å². The van der Waals surface area contributed by atoms with Gasteiger partial charge in [-0.15, -0.1) is 0 Å². The number of sulfonamides is 1. The fraction of sp³-hybridized carbons (Fsp3) is 0.214. The Morgan fingerprint density at radius 1 is 0.829 bits per heavy atom. The lowest BCUT2D eigenvalue weighted by Gasteiger charge is -2.29. The van der Waals surface area contributed by atoms with E-state index in [9.17, 15) is 13.2 Å². The van der Waals surface area contributed by atoms with Crippen molar-refractivity contribution in [1.82, 2.24) is 8.87 Å². The van der Waals surface area contributed by atoms with Gasteiger partial charge in [0.2, 0.25) is 10.0 Å². The van der Waals surface area contributed by atoms with Crippen molar-refractivity contribution < 1.29 is 13.2 Å². The van der Waals surface area contributed by atoms with Crippen molar-refractivity contribution in [3.05, 3.63) is 108 Å². The summed E-state index contributed by atoms with van der Waals surface area (Å²) in [6.07, 6.45) is 2.83. The molecule has 3 aromatic carbocycles. The smallest absolute Gasteiger partial charge is 0.250 e. The van der Waals surface area contributed by atoms with Gasteiger partial charge in [0.15, 0.2) is 0 Å². The van der Waals surface area contributed by atoms with Gasteiger partial charge in [0, 0.05) is 31.7 Å². The summed E-state index contributed by atoms with van der Waals surface area (Å²) < 4.78 is 29.9. The van der Waals surface area contributed by atoms with E-state index in [1.54, 1.807) is 12.1 Å². The molecule has 1 aromatic heterocycles. The third-order valence-corrected chi connectivity index (χ3v) is 8.39. The number of carbonyl (C=O) groups excluding carboxylic acids is 1. The Bertz CT molecular complexity index is 1520. The minimum atomic E-state index is -3.62. The van der Waals surface area contributed by atoms with Crippen molar-refractivity contribution in [2.24, 2.45) is 10.9 Å². The molecule has 1 saturated heterocycles. The predicted molar refractivity (Wildman–Crippen MR) is 136 cm³/mol. The number of hydrogen-bond acceptors (Lipinski definition) is 3. The van der Waals surface area contributed by atoms with Gasteiger partial charge in [-0.05, 0) is 53.4 Å². The second-order valence-electron chi connectivity index (χ2n) is 8.81. The Kier molecular flexibility index (Phi) is 6.61. The maximum absolute atomic E-state index is 13.2. The first kappa shape index (κ1) is 23.2. The molecule has 1 aliphatic rings. The average molecular weight is 486 g/mol. The predicted octanol–water partition coefficient (Wildman–Crippen LogP) is 4.22. The van der Waals surface area contributed by atoms with Crippen LogP contribution in [-0.2, 0) is 21.4 Å². The van der Waals surface area contributed by atoms with E-state index < -0.39 is 10.0 Å². The molecule has 1 fully saturated rings. The van der Waals surface area contributed by atoms with Crippen molar-refractivity contribution >= 4 is 26.7 Å². The summed E-state index contributed by atoms with van der Waals surface area (Å²) in [6.45, 7) is 1.23. The molecule has 1 amide bonds. The zero-order chi connectivity index (χ0) is 24.3. The summed E-state index contributed by atoms with van der Waals surface area (Å²) >= 11 is 0. The molecule has 1 aliphatic heterocycles. The van der Waals surface area contributed by atoms with Crippen LogP contribution in [0.5, 0.6) is 0 Å². The molecular formula is C28H27N3O3S. The molecular weight excluding hydrogens is 458 g/mol. The fourth-order valence-corrected chi connectivity index (χ4v) is 6.01. The normalized spacial score (nSPS) is 15.9. The lowest BCUT2D eigenvalue weighted by Crippen LogP contribution is -2.40. The molecule has 6 nitrogen and oxygen atoms in total. The molecule has 4 aromatic rings. The number of piperidine rings is 1. The summed E-state index contributed by atoms with van der Waals surface area (Å²) in [6, 6.07) is 28.6. The first-order valence-corrected chi connectivity index (χ1v) is 13.2. The van der Waals surface area contributed by atoms with Gasteiger partial charge < -0.3 is 4.57 Å². The number of rotatable bonds is 5. The molecule has 5 rings (SSSR count). The van der Waals surface area contributed by atoms with E-state index in [1.807, 2.05) is 89.6 Å². The van der Waals surface area contributed by atoms with Crippen LogP contribution >= 0.6 is 0 Å². The van der Waals surface area contributed by atoms with E-state index in [2.05, 4.69) is 4.99 Å². The molecule has 0 aliphatic carbocycles. The van der Waals surface area contributed by atoms with Crippen LogP contribution in [0.2, 0.25) is 0 Å². The first-order valence-electron chi connectivity index (χ1n) is 11.8. The molecule has 35 heavy (non-hydrogen) atoms. The van der Waals surface area contributed by atoms with Gasteiger partial charge in [-0.25, -0.2) is 8.42 Å². The molecule has 0 spiro atoms. The van der Waals surface area contributed by atoms with E-state index >= 15 is 0 Å². The van der Waals surface area contributed by atoms with Gasteiger partial charge in [-0.1, -0.05) is 66.7 Å². The zero-order valence-corrected chi connectivity index (χ0v) is 20.1. The number of fused-ring (bicyclic) bond motifs is 1. The van der Waals surface area contributed by atoms with Crippen LogP contribution in [0, 0.1) is 5.92 Å². The van der Waals surface area contributed by atoms with Crippen LogP contribution in [0.1, 0.15) is 18.4 Å². The highest BCUT2D eigenvalue weighted by Gasteiger charge is 2.32. The van der Waals surface area contributed by atoms with Crippen LogP contribution in [0.3, 0.4) is 0 Å². The maximum Gasteiger partial charge on any atom is 0.250 e. The minimum Gasteiger partial charge on any atom is -0.328 e. The van der Waals surface area contributed by atoms with E-state index in [4.69, 9.17) is 0 Å². The topological polar surface area (TPSA) is 71.7 Å². The van der Waals surface area contributed by atoms with Crippen LogP contribution in [-0.4, -0.2) is 36.3 Å². The van der Waals surface area contributed by atoms with E-state index in [-0.39, 0.29) is 16.7 Å². The Balaban J connectivity index is 1.29. The van der Waals surface area contributed by atoms with Gasteiger partial charge >= 0.3 is 0 Å². The average Bonchev–Trinajstić information content (AvgIpc) is 2.90. The van der Waals surface area contributed by atoms with Crippen molar-refractivity contribution in [2.45, 2.75) is 24.3 Å². The fourth-order valence-electron chi connectivity index (χ4n) is 4.51. The number of amides is 1. The largest absolute Gasteiger partial charge is 0.328 e. The summed E-state index contributed by atoms with van der Waals surface area (Å²) in [7, 11) is -3.62. The van der Waals surface area contributed by atoms with Gasteiger partial charge in [0.1, 0.15) is 5.49 Å². The van der Waals surface area contributed by atoms with Gasteiger partial charge in [-0.2, -0.15) is 9.30 Å². The minimum absolute atomic E-state index is 0.194. The Morgan fingerprint density at radius 2 is 1.51 bits per heavy atom. The number of carbonyl (C=O) groups is 1. The number of aromatic nitrogens is 1. The maximum atomic E-state index is 13.2. The van der Waals surface area contributed by atoms with Crippen LogP contribution in [0.4, 0.5) is 0 Å². The zero-order valence-electron chi connectivity index (χ0n) is 19.3.